The zero-order valence-electron chi connectivity index (χ0n) is 23.0. The Hall–Kier alpha value is -3.71. The molecule has 7 heteroatoms. The van der Waals surface area contributed by atoms with E-state index in [1.807, 2.05) is 24.3 Å². The number of halogens is 4. The van der Waals surface area contributed by atoms with Crippen LogP contribution in [0.25, 0.3) is 17.2 Å². The number of aromatic carboxylic acids is 1. The van der Waals surface area contributed by atoms with E-state index in [1.54, 1.807) is 24.3 Å². The predicted octanol–water partition coefficient (Wildman–Crippen LogP) is 8.46. The Balaban J connectivity index is 1.62. The molecule has 0 atom stereocenters. The molecule has 0 amide bonds. The molecule has 3 nitrogen and oxygen atoms in total. The molecule has 0 saturated carbocycles. The van der Waals surface area contributed by atoms with Gasteiger partial charge in [0.05, 0.1) is 17.8 Å². The molecule has 214 valence electrons. The number of aryl methyl sites for hydroxylation is 2. The largest absolute Gasteiger partial charge is 0.478 e. The van der Waals surface area contributed by atoms with Crippen molar-refractivity contribution < 1.29 is 27.5 Å². The van der Waals surface area contributed by atoms with Gasteiger partial charge in [-0.15, -0.1) is 0 Å². The number of carboxylic acid groups (broad SMARTS) is 1. The third kappa shape index (κ3) is 6.30. The highest BCUT2D eigenvalue weighted by molar-refractivity contribution is 6.01. The van der Waals surface area contributed by atoms with Crippen molar-refractivity contribution in [3.8, 4) is 0 Å². The maximum Gasteiger partial charge on any atom is 0.417 e. The summed E-state index contributed by atoms with van der Waals surface area (Å²) in [4.78, 5) is 13.9. The molecule has 0 spiro atoms. The van der Waals surface area contributed by atoms with Gasteiger partial charge < -0.3 is 5.11 Å². The van der Waals surface area contributed by atoms with Crippen LogP contribution < -0.4 is 0 Å². The molecule has 0 aromatic heterocycles. The summed E-state index contributed by atoms with van der Waals surface area (Å²) in [5, 5.41) is 9.57. The van der Waals surface area contributed by atoms with Gasteiger partial charge in [0.15, 0.2) is 0 Å². The topological polar surface area (TPSA) is 40.5 Å². The molecule has 3 aromatic rings. The van der Waals surface area contributed by atoms with Crippen LogP contribution in [-0.4, -0.2) is 42.3 Å². The van der Waals surface area contributed by atoms with Gasteiger partial charge in [-0.1, -0.05) is 60.2 Å². The number of hydrogen-bond donors (Lipinski definition) is 1. The second kappa shape index (κ2) is 12.0. The Labute approximate surface area is 237 Å². The van der Waals surface area contributed by atoms with Crippen LogP contribution in [0.4, 0.5) is 17.6 Å². The monoisotopic (exact) mass is 563 g/mol. The molecule has 1 N–H and O–H groups in total. The molecule has 0 unspecified atom stereocenters. The molecule has 1 aliphatic carbocycles. The maximum absolute atomic E-state index is 14.4. The third-order valence-electron chi connectivity index (χ3n) is 8.03. The van der Waals surface area contributed by atoms with Crippen LogP contribution in [0.15, 0.2) is 66.2 Å². The molecule has 1 saturated heterocycles. The first-order chi connectivity index (χ1) is 19.7. The lowest BCUT2D eigenvalue weighted by atomic mass is 9.84. The van der Waals surface area contributed by atoms with Crippen molar-refractivity contribution in [2.24, 2.45) is 0 Å². The Kier molecular flexibility index (Phi) is 8.45. The highest BCUT2D eigenvalue weighted by Gasteiger charge is 2.36. The average molecular weight is 564 g/mol. The van der Waals surface area contributed by atoms with Crippen LogP contribution in [0.2, 0.25) is 0 Å². The van der Waals surface area contributed by atoms with Crippen LogP contribution in [0.3, 0.4) is 0 Å². The summed E-state index contributed by atoms with van der Waals surface area (Å²) in [7, 11) is 0. The predicted molar refractivity (Wildman–Crippen MR) is 155 cm³/mol. The van der Waals surface area contributed by atoms with Gasteiger partial charge in [-0.3, -0.25) is 9.29 Å². The normalized spacial score (nSPS) is 17.1. The minimum Gasteiger partial charge on any atom is -0.478 e. The summed E-state index contributed by atoms with van der Waals surface area (Å²) < 4.78 is 55.6. The molecule has 41 heavy (non-hydrogen) atoms. The zero-order valence-corrected chi connectivity index (χ0v) is 23.0. The second-order valence-corrected chi connectivity index (χ2v) is 10.9. The van der Waals surface area contributed by atoms with Gasteiger partial charge in [0.25, 0.3) is 0 Å². The summed E-state index contributed by atoms with van der Waals surface area (Å²) in [6, 6.07) is 17.5. The number of rotatable bonds is 7. The number of fused-ring (bicyclic) bond motifs is 1. The van der Waals surface area contributed by atoms with E-state index < -0.39 is 17.7 Å². The first-order valence-electron chi connectivity index (χ1n) is 14.0. The Morgan fingerprint density at radius 1 is 1.00 bits per heavy atom. The fraction of sp³-hybridized carbons (Fsp3) is 0.324. The Bertz CT molecular complexity index is 1500. The summed E-state index contributed by atoms with van der Waals surface area (Å²) >= 11 is 0. The molecule has 2 aliphatic rings. The van der Waals surface area contributed by atoms with Crippen molar-refractivity contribution in [2.75, 3.05) is 26.3 Å². The van der Waals surface area contributed by atoms with Crippen LogP contribution in [0.1, 0.15) is 75.0 Å². The minimum absolute atomic E-state index is 0.164. The summed E-state index contributed by atoms with van der Waals surface area (Å²) in [5.74, 6) is -1.03. The lowest BCUT2D eigenvalue weighted by Gasteiger charge is -2.21. The Morgan fingerprint density at radius 3 is 2.49 bits per heavy atom. The number of carboxylic acids is 1. The Morgan fingerprint density at radius 2 is 1.78 bits per heavy atom. The molecule has 3 aromatic carbocycles. The lowest BCUT2D eigenvalue weighted by Crippen LogP contribution is -2.20. The number of allylic oxidation sites excluding steroid dienone is 1. The van der Waals surface area contributed by atoms with Crippen molar-refractivity contribution in [1.82, 2.24) is 4.90 Å². The fourth-order valence-electron chi connectivity index (χ4n) is 6.14. The van der Waals surface area contributed by atoms with E-state index in [4.69, 9.17) is 0 Å². The van der Waals surface area contributed by atoms with Gasteiger partial charge in [-0.05, 0) is 95.7 Å². The average Bonchev–Trinajstić information content (AvgIpc) is 3.29. The molecule has 1 heterocycles. The number of likely N-dealkylation sites (tertiary alicyclic amines) is 1. The highest BCUT2D eigenvalue weighted by atomic mass is 19.4. The fourth-order valence-corrected chi connectivity index (χ4v) is 6.14. The van der Waals surface area contributed by atoms with E-state index >= 15 is 0 Å². The van der Waals surface area contributed by atoms with Crippen molar-refractivity contribution >= 4 is 23.2 Å². The van der Waals surface area contributed by atoms with Gasteiger partial charge in [0.1, 0.15) is 0 Å². The molecule has 1 fully saturated rings. The molecule has 1 aliphatic heterocycles. The van der Waals surface area contributed by atoms with Gasteiger partial charge in [0, 0.05) is 19.6 Å². The quantitative estimate of drug-likeness (QED) is 0.293. The van der Waals surface area contributed by atoms with Crippen molar-refractivity contribution in [3.05, 3.63) is 111 Å². The third-order valence-corrected chi connectivity index (χ3v) is 8.03. The van der Waals surface area contributed by atoms with Gasteiger partial charge in [-0.2, -0.15) is 13.2 Å². The van der Waals surface area contributed by atoms with E-state index in [1.165, 1.54) is 24.6 Å². The van der Waals surface area contributed by atoms with E-state index in [0.717, 1.165) is 48.3 Å². The summed E-state index contributed by atoms with van der Waals surface area (Å²) in [5.41, 5.74) is 5.86. The first-order valence-corrected chi connectivity index (χ1v) is 14.0. The number of carbonyl (C=O) groups is 1. The highest BCUT2D eigenvalue weighted by Crippen LogP contribution is 2.45. The maximum atomic E-state index is 14.4. The molecule has 5 rings (SSSR count). The number of nitrogens with zero attached hydrogens (tertiary/aromatic N) is 1. The smallest absolute Gasteiger partial charge is 0.417 e. The molecule has 0 bridgehead atoms. The van der Waals surface area contributed by atoms with Crippen molar-refractivity contribution in [1.29, 1.82) is 0 Å². The van der Waals surface area contributed by atoms with E-state index in [9.17, 15) is 27.5 Å². The lowest BCUT2D eigenvalue weighted by molar-refractivity contribution is -0.138. The van der Waals surface area contributed by atoms with E-state index in [2.05, 4.69) is 11.0 Å². The van der Waals surface area contributed by atoms with E-state index in [0.29, 0.717) is 36.8 Å². The zero-order chi connectivity index (χ0) is 29.1. The first kappa shape index (κ1) is 28.8. The number of alkyl halides is 4. The van der Waals surface area contributed by atoms with Crippen LogP contribution in [0.5, 0.6) is 0 Å². The van der Waals surface area contributed by atoms with Crippen LogP contribution >= 0.6 is 0 Å². The van der Waals surface area contributed by atoms with E-state index in [-0.39, 0.29) is 23.4 Å². The molecule has 0 radical (unpaired) electrons. The number of hydrogen-bond acceptors (Lipinski definition) is 2. The minimum atomic E-state index is -4.52. The van der Waals surface area contributed by atoms with Gasteiger partial charge in [0.2, 0.25) is 0 Å². The standard InChI is InChI=1S/C34H33F4NO2/c1-22-5-2-8-30(32(22)34(36,37)38)29-7-3-6-26-20-27(33(40)41)13-14-28(26)31(29)25-11-9-23(10-12-25)19-24-15-18-39(21-24)17-4-16-35/h2,5,8-14,19-20H,3-4,6-7,15-18,21H2,1H3,(H,40,41)/b24-19-. The summed E-state index contributed by atoms with van der Waals surface area (Å²) in [6.45, 7) is 3.63. The molecular formula is C34H33F4NO2. The van der Waals surface area contributed by atoms with Crippen molar-refractivity contribution in [2.45, 2.75) is 45.2 Å². The summed E-state index contributed by atoms with van der Waals surface area (Å²) in [6.07, 6.45) is 0.679. The van der Waals surface area contributed by atoms with Gasteiger partial charge >= 0.3 is 12.1 Å². The number of benzene rings is 3. The van der Waals surface area contributed by atoms with Gasteiger partial charge in [-0.25, -0.2) is 4.79 Å². The van der Waals surface area contributed by atoms with Crippen LogP contribution in [0, 0.1) is 6.92 Å². The SMILES string of the molecule is Cc1cccc(C2=C(c3ccc(/C=C4/CCN(CCCF)C4)cc3)c3ccc(C(=O)O)cc3CCC2)c1C(F)(F)F. The van der Waals surface area contributed by atoms with Crippen molar-refractivity contribution in [3.63, 3.8) is 0 Å². The second-order valence-electron chi connectivity index (χ2n) is 10.9. The van der Waals surface area contributed by atoms with Crippen LogP contribution in [-0.2, 0) is 12.6 Å². The molecular weight excluding hydrogens is 530 g/mol.